The standard InChI is InChI=1S/C30H34N8O3/c1-41-27-18-32-15-14-25(27)21-6-2-19(3-7-21)16-26(34-29(39)23-8-4-20(17-31)5-9-23)30(40)33-24-12-10-22(11-13-24)28-35-37-38-36-28/h2-3,6-7,10-15,18,20,23,26H,4-5,8-9,16-17,31H2,1H3,(H,33,40)(H,34,39)(H,35,36,37,38). The Bertz CT molecular complexity index is 1430. The van der Waals surface area contributed by atoms with Crippen molar-refractivity contribution in [2.75, 3.05) is 19.0 Å². The highest BCUT2D eigenvalue weighted by Crippen LogP contribution is 2.30. The third-order valence-corrected chi connectivity index (χ3v) is 7.65. The number of hydrogen-bond acceptors (Lipinski definition) is 8. The molecule has 0 aliphatic heterocycles. The van der Waals surface area contributed by atoms with Crippen LogP contribution in [0.15, 0.2) is 67.0 Å². The normalized spacial score (nSPS) is 17.4. The van der Waals surface area contributed by atoms with Crippen molar-refractivity contribution < 1.29 is 14.3 Å². The molecule has 0 spiro atoms. The zero-order valence-electron chi connectivity index (χ0n) is 22.9. The number of carbonyl (C=O) groups excluding carboxylic acids is 2. The quantitative estimate of drug-likeness (QED) is 0.232. The van der Waals surface area contributed by atoms with Crippen molar-refractivity contribution in [1.29, 1.82) is 0 Å². The molecule has 5 N–H and O–H groups in total. The van der Waals surface area contributed by atoms with Gasteiger partial charge < -0.3 is 21.1 Å². The molecule has 2 amide bonds. The van der Waals surface area contributed by atoms with Crippen molar-refractivity contribution in [2.24, 2.45) is 17.6 Å². The molecule has 11 heteroatoms. The first-order chi connectivity index (χ1) is 20.0. The largest absolute Gasteiger partial charge is 0.494 e. The van der Waals surface area contributed by atoms with Crippen molar-refractivity contribution in [3.05, 3.63) is 72.6 Å². The second kappa shape index (κ2) is 13.1. The van der Waals surface area contributed by atoms with Gasteiger partial charge in [-0.3, -0.25) is 14.6 Å². The van der Waals surface area contributed by atoms with Crippen molar-refractivity contribution in [1.82, 2.24) is 30.9 Å². The van der Waals surface area contributed by atoms with E-state index in [0.29, 0.717) is 36.1 Å². The Morgan fingerprint density at radius 2 is 1.76 bits per heavy atom. The van der Waals surface area contributed by atoms with E-state index in [9.17, 15) is 9.59 Å². The Kier molecular flexibility index (Phi) is 8.95. The van der Waals surface area contributed by atoms with Gasteiger partial charge in [-0.1, -0.05) is 24.3 Å². The van der Waals surface area contributed by atoms with E-state index in [2.05, 4.69) is 36.2 Å². The number of nitrogens with two attached hydrogens (primary N) is 1. The molecule has 2 aromatic carbocycles. The zero-order valence-corrected chi connectivity index (χ0v) is 22.9. The molecular weight excluding hydrogens is 520 g/mol. The molecule has 212 valence electrons. The number of benzene rings is 2. The summed E-state index contributed by atoms with van der Waals surface area (Å²) in [4.78, 5) is 30.9. The van der Waals surface area contributed by atoms with Gasteiger partial charge in [-0.15, -0.1) is 10.2 Å². The Morgan fingerprint density at radius 1 is 1.02 bits per heavy atom. The van der Waals surface area contributed by atoms with Gasteiger partial charge in [0.05, 0.1) is 13.3 Å². The van der Waals surface area contributed by atoms with Crippen molar-refractivity contribution in [3.63, 3.8) is 0 Å². The number of anilines is 1. The van der Waals surface area contributed by atoms with Crippen molar-refractivity contribution in [2.45, 2.75) is 38.1 Å². The number of H-pyrrole nitrogens is 1. The number of pyridine rings is 1. The van der Waals surface area contributed by atoms with Gasteiger partial charge in [-0.2, -0.15) is 5.21 Å². The highest BCUT2D eigenvalue weighted by atomic mass is 16.5. The molecule has 1 saturated carbocycles. The van der Waals surface area contributed by atoms with Gasteiger partial charge in [-0.25, -0.2) is 0 Å². The molecule has 0 saturated heterocycles. The van der Waals surface area contributed by atoms with Gasteiger partial charge in [-0.05, 0) is 84.8 Å². The average molecular weight is 555 g/mol. The summed E-state index contributed by atoms with van der Waals surface area (Å²) in [6.45, 7) is 0.645. The number of aromatic nitrogens is 5. The molecular formula is C30H34N8O3. The number of tetrazole rings is 1. The summed E-state index contributed by atoms with van der Waals surface area (Å²) in [5.41, 5.74) is 10.0. The van der Waals surface area contributed by atoms with Crippen LogP contribution in [-0.4, -0.2) is 57.1 Å². The predicted octanol–water partition coefficient (Wildman–Crippen LogP) is 3.37. The number of ether oxygens (including phenoxy) is 1. The Morgan fingerprint density at radius 3 is 2.41 bits per heavy atom. The van der Waals surface area contributed by atoms with E-state index in [0.717, 1.165) is 47.9 Å². The Labute approximate surface area is 238 Å². The maximum atomic E-state index is 13.5. The highest BCUT2D eigenvalue weighted by molar-refractivity contribution is 5.97. The van der Waals surface area contributed by atoms with E-state index < -0.39 is 6.04 Å². The van der Waals surface area contributed by atoms with Crippen molar-refractivity contribution in [3.8, 4) is 28.3 Å². The number of carbonyl (C=O) groups is 2. The maximum absolute atomic E-state index is 13.5. The lowest BCUT2D eigenvalue weighted by Crippen LogP contribution is -2.48. The average Bonchev–Trinajstić information content (AvgIpc) is 3.57. The molecule has 2 aromatic heterocycles. The van der Waals surface area contributed by atoms with E-state index in [-0.39, 0.29) is 17.7 Å². The van der Waals surface area contributed by atoms with Crippen LogP contribution in [0.2, 0.25) is 0 Å². The fourth-order valence-electron chi connectivity index (χ4n) is 5.21. The SMILES string of the molecule is COc1cnccc1-c1ccc(CC(NC(=O)C2CCC(CN)CC2)C(=O)Nc2ccc(-c3nn[nH]n3)cc2)cc1. The van der Waals surface area contributed by atoms with E-state index in [1.54, 1.807) is 43.8 Å². The molecule has 41 heavy (non-hydrogen) atoms. The molecule has 2 heterocycles. The fourth-order valence-corrected chi connectivity index (χ4v) is 5.21. The zero-order chi connectivity index (χ0) is 28.6. The maximum Gasteiger partial charge on any atom is 0.247 e. The molecule has 11 nitrogen and oxygen atoms in total. The Hall–Kier alpha value is -4.64. The highest BCUT2D eigenvalue weighted by Gasteiger charge is 2.29. The lowest BCUT2D eigenvalue weighted by atomic mass is 9.81. The molecule has 1 aliphatic rings. The van der Waals surface area contributed by atoms with Crippen LogP contribution in [0.25, 0.3) is 22.5 Å². The van der Waals surface area contributed by atoms with Crippen LogP contribution in [0, 0.1) is 11.8 Å². The molecule has 5 rings (SSSR count). The lowest BCUT2D eigenvalue weighted by molar-refractivity contribution is -0.130. The third-order valence-electron chi connectivity index (χ3n) is 7.65. The van der Waals surface area contributed by atoms with Crippen LogP contribution in [0.3, 0.4) is 0 Å². The third kappa shape index (κ3) is 6.93. The van der Waals surface area contributed by atoms with Gasteiger partial charge in [0.25, 0.3) is 0 Å². The summed E-state index contributed by atoms with van der Waals surface area (Å²) < 4.78 is 5.44. The minimum atomic E-state index is -0.757. The summed E-state index contributed by atoms with van der Waals surface area (Å²) in [5.74, 6) is 1.10. The number of rotatable bonds is 10. The lowest BCUT2D eigenvalue weighted by Gasteiger charge is -2.28. The smallest absolute Gasteiger partial charge is 0.247 e. The van der Waals surface area contributed by atoms with Gasteiger partial charge in [0, 0.05) is 35.3 Å². The van der Waals surface area contributed by atoms with Crippen LogP contribution in [0.5, 0.6) is 5.75 Å². The second-order valence-corrected chi connectivity index (χ2v) is 10.3. The van der Waals surface area contributed by atoms with E-state index in [1.165, 1.54) is 0 Å². The van der Waals surface area contributed by atoms with Gasteiger partial charge >= 0.3 is 0 Å². The molecule has 0 bridgehead atoms. The number of nitrogens with zero attached hydrogens (tertiary/aromatic N) is 4. The van der Waals surface area contributed by atoms with E-state index in [1.807, 2.05) is 30.3 Å². The predicted molar refractivity (Wildman–Crippen MR) is 155 cm³/mol. The molecule has 1 atom stereocenters. The van der Waals surface area contributed by atoms with E-state index >= 15 is 0 Å². The summed E-state index contributed by atoms with van der Waals surface area (Å²) in [7, 11) is 1.61. The van der Waals surface area contributed by atoms with Crippen molar-refractivity contribution >= 4 is 17.5 Å². The second-order valence-electron chi connectivity index (χ2n) is 10.3. The van der Waals surface area contributed by atoms with Crippen LogP contribution in [0.4, 0.5) is 5.69 Å². The molecule has 1 fully saturated rings. The Balaban J connectivity index is 1.31. The van der Waals surface area contributed by atoms with Gasteiger partial charge in [0.1, 0.15) is 11.8 Å². The number of methoxy groups -OCH3 is 1. The topological polar surface area (TPSA) is 161 Å². The summed E-state index contributed by atoms with van der Waals surface area (Å²) >= 11 is 0. The first-order valence-electron chi connectivity index (χ1n) is 13.8. The summed E-state index contributed by atoms with van der Waals surface area (Å²) in [6.07, 6.45) is 7.15. The first kappa shape index (κ1) is 27.9. The van der Waals surface area contributed by atoms with Gasteiger partial charge in [0.15, 0.2) is 0 Å². The molecule has 4 aromatic rings. The van der Waals surface area contributed by atoms with Crippen LogP contribution >= 0.6 is 0 Å². The van der Waals surface area contributed by atoms with Gasteiger partial charge in [0.2, 0.25) is 17.6 Å². The number of hydrogen-bond donors (Lipinski definition) is 4. The summed E-state index contributed by atoms with van der Waals surface area (Å²) in [5, 5.41) is 20.0. The van der Waals surface area contributed by atoms with Crippen LogP contribution in [-0.2, 0) is 16.0 Å². The van der Waals surface area contributed by atoms with Crippen LogP contribution < -0.4 is 21.1 Å². The monoisotopic (exact) mass is 554 g/mol. The van der Waals surface area contributed by atoms with E-state index in [4.69, 9.17) is 10.5 Å². The minimum absolute atomic E-state index is 0.0915. The minimum Gasteiger partial charge on any atom is -0.494 e. The van der Waals surface area contributed by atoms with Crippen LogP contribution in [0.1, 0.15) is 31.2 Å². The molecule has 1 unspecified atom stereocenters. The fraction of sp³-hybridized carbons (Fsp3) is 0.333. The molecule has 0 radical (unpaired) electrons. The first-order valence-corrected chi connectivity index (χ1v) is 13.8. The number of aromatic amines is 1. The molecule has 1 aliphatic carbocycles. The number of nitrogens with one attached hydrogen (secondary N) is 3. The summed E-state index contributed by atoms with van der Waals surface area (Å²) in [6, 6.07) is 16.2. The number of amides is 2.